The Bertz CT molecular complexity index is 1580. The van der Waals surface area contributed by atoms with Crippen molar-refractivity contribution in [3.63, 3.8) is 0 Å². The summed E-state index contributed by atoms with van der Waals surface area (Å²) in [5.74, 6) is -0.105. The number of benzene rings is 2. The quantitative estimate of drug-likeness (QED) is 0.116. The van der Waals surface area contributed by atoms with Gasteiger partial charge in [0.2, 0.25) is 5.91 Å². The molecule has 13 heteroatoms. The molecule has 198 valence electrons. The molecule has 2 aromatic heterocycles. The molecule has 0 atom stereocenters. The highest BCUT2D eigenvalue weighted by Crippen LogP contribution is 2.34. The molecule has 1 N–H and O–H groups in total. The number of hydrogen-bond acceptors (Lipinski definition) is 10. The Labute approximate surface area is 231 Å². The predicted octanol–water partition coefficient (Wildman–Crippen LogP) is 5.38. The summed E-state index contributed by atoms with van der Waals surface area (Å²) in [5, 5.41) is 32.9. The molecule has 0 spiro atoms. The molecule has 1 amide bonds. The van der Waals surface area contributed by atoms with Crippen LogP contribution in [0.4, 0.5) is 10.7 Å². The third-order valence-electron chi connectivity index (χ3n) is 5.50. The second kappa shape index (κ2) is 12.3. The SMILES string of the molecule is CCOC(=O)c1sc(NC(=O)CCSc2nnc(-c3cccc([N+](=O)[O-])c3)n2-c2ccccc2)c(C#N)c1C. The fourth-order valence-electron chi connectivity index (χ4n) is 3.67. The van der Waals surface area contributed by atoms with Gasteiger partial charge in [0.05, 0.1) is 17.1 Å². The van der Waals surface area contributed by atoms with Crippen LogP contribution >= 0.6 is 23.1 Å². The van der Waals surface area contributed by atoms with E-state index in [0.29, 0.717) is 32.9 Å². The Kier molecular flexibility index (Phi) is 8.70. The summed E-state index contributed by atoms with van der Waals surface area (Å²) >= 11 is 2.31. The Morgan fingerprint density at radius 1 is 1.21 bits per heavy atom. The maximum Gasteiger partial charge on any atom is 0.348 e. The minimum absolute atomic E-state index is 0.0624. The average molecular weight is 563 g/mol. The molecule has 0 aliphatic heterocycles. The zero-order chi connectivity index (χ0) is 27.9. The van der Waals surface area contributed by atoms with E-state index in [0.717, 1.165) is 17.0 Å². The summed E-state index contributed by atoms with van der Waals surface area (Å²) in [6.45, 7) is 3.53. The molecule has 0 unspecified atom stereocenters. The molecule has 11 nitrogen and oxygen atoms in total. The first-order valence-corrected chi connectivity index (χ1v) is 13.5. The van der Waals surface area contributed by atoms with E-state index in [4.69, 9.17) is 4.74 Å². The van der Waals surface area contributed by atoms with Gasteiger partial charge in [-0.1, -0.05) is 42.1 Å². The van der Waals surface area contributed by atoms with Gasteiger partial charge in [0.25, 0.3) is 5.69 Å². The lowest BCUT2D eigenvalue weighted by molar-refractivity contribution is -0.384. The van der Waals surface area contributed by atoms with E-state index in [1.54, 1.807) is 30.5 Å². The number of nitro groups is 1. The topological polar surface area (TPSA) is 153 Å². The molecule has 0 radical (unpaired) electrons. The van der Waals surface area contributed by atoms with Crippen LogP contribution in [0.5, 0.6) is 0 Å². The van der Waals surface area contributed by atoms with Gasteiger partial charge in [-0.15, -0.1) is 21.5 Å². The Morgan fingerprint density at radius 3 is 2.67 bits per heavy atom. The number of carbonyl (C=O) groups is 2. The van der Waals surface area contributed by atoms with Crippen molar-refractivity contribution in [2.75, 3.05) is 17.7 Å². The molecule has 0 aliphatic carbocycles. The molecule has 2 heterocycles. The predicted molar refractivity (Wildman–Crippen MR) is 147 cm³/mol. The van der Waals surface area contributed by atoms with Gasteiger partial charge in [-0.25, -0.2) is 4.79 Å². The highest BCUT2D eigenvalue weighted by molar-refractivity contribution is 7.99. The number of ether oxygens (including phenoxy) is 1. The average Bonchev–Trinajstić information content (AvgIpc) is 3.49. The number of anilines is 1. The lowest BCUT2D eigenvalue weighted by Crippen LogP contribution is -2.12. The van der Waals surface area contributed by atoms with Gasteiger partial charge in [-0.3, -0.25) is 19.5 Å². The summed E-state index contributed by atoms with van der Waals surface area (Å²) in [6, 6.07) is 17.5. The second-order valence-corrected chi connectivity index (χ2v) is 10.1. The smallest absolute Gasteiger partial charge is 0.348 e. The molecule has 0 aliphatic rings. The van der Waals surface area contributed by atoms with Gasteiger partial charge >= 0.3 is 5.97 Å². The van der Waals surface area contributed by atoms with Crippen LogP contribution in [-0.4, -0.2) is 43.9 Å². The highest BCUT2D eigenvalue weighted by Gasteiger charge is 2.23. The summed E-state index contributed by atoms with van der Waals surface area (Å²) in [7, 11) is 0. The number of aromatic nitrogens is 3. The number of hydrogen-bond donors (Lipinski definition) is 1. The fourth-order valence-corrected chi connectivity index (χ4v) is 5.63. The number of para-hydroxylation sites is 1. The Balaban J connectivity index is 1.52. The maximum absolute atomic E-state index is 12.7. The van der Waals surface area contributed by atoms with E-state index in [2.05, 4.69) is 15.5 Å². The van der Waals surface area contributed by atoms with Crippen LogP contribution in [0, 0.1) is 28.4 Å². The molecule has 0 saturated carbocycles. The minimum Gasteiger partial charge on any atom is -0.462 e. The number of thioether (sulfide) groups is 1. The largest absolute Gasteiger partial charge is 0.462 e. The number of non-ortho nitro benzene ring substituents is 1. The van der Waals surface area contributed by atoms with E-state index in [9.17, 15) is 25.0 Å². The van der Waals surface area contributed by atoms with Crippen LogP contribution in [0.15, 0.2) is 59.8 Å². The van der Waals surface area contributed by atoms with E-state index in [1.165, 1.54) is 23.9 Å². The van der Waals surface area contributed by atoms with E-state index < -0.39 is 10.9 Å². The number of rotatable bonds is 10. The molecule has 0 fully saturated rings. The molecule has 0 bridgehead atoms. The summed E-state index contributed by atoms with van der Waals surface area (Å²) in [6.07, 6.45) is 0.0923. The van der Waals surface area contributed by atoms with Gasteiger partial charge in [-0.05, 0) is 31.5 Å². The lowest BCUT2D eigenvalue weighted by Gasteiger charge is -2.10. The van der Waals surface area contributed by atoms with E-state index in [-0.39, 0.29) is 35.1 Å². The minimum atomic E-state index is -0.535. The number of carbonyl (C=O) groups excluding carboxylic acids is 2. The van der Waals surface area contributed by atoms with Crippen molar-refractivity contribution in [2.24, 2.45) is 0 Å². The zero-order valence-corrected chi connectivity index (χ0v) is 22.5. The molecule has 4 rings (SSSR count). The Hall–Kier alpha value is -4.54. The fraction of sp³-hybridized carbons (Fsp3) is 0.192. The molecule has 0 saturated heterocycles. The number of nitrogens with zero attached hydrogens (tertiary/aromatic N) is 5. The van der Waals surface area contributed by atoms with E-state index in [1.807, 2.05) is 36.4 Å². The van der Waals surface area contributed by atoms with Crippen molar-refractivity contribution in [3.05, 3.63) is 80.7 Å². The first kappa shape index (κ1) is 27.5. The number of amides is 1. The Morgan fingerprint density at radius 2 is 1.97 bits per heavy atom. The monoisotopic (exact) mass is 562 g/mol. The molecule has 2 aromatic carbocycles. The van der Waals surface area contributed by atoms with Gasteiger partial charge < -0.3 is 10.1 Å². The van der Waals surface area contributed by atoms with Gasteiger partial charge in [0, 0.05) is 35.6 Å². The number of esters is 1. The number of nitrogens with one attached hydrogen (secondary N) is 1. The molecule has 4 aromatic rings. The molecular formula is C26H22N6O5S2. The van der Waals surface area contributed by atoms with Gasteiger partial charge in [0.15, 0.2) is 11.0 Å². The number of nitro benzene ring substituents is 1. The zero-order valence-electron chi connectivity index (χ0n) is 20.9. The highest BCUT2D eigenvalue weighted by atomic mass is 32.2. The van der Waals surface area contributed by atoms with Crippen molar-refractivity contribution in [1.82, 2.24) is 14.8 Å². The third-order valence-corrected chi connectivity index (χ3v) is 7.61. The number of nitriles is 1. The van der Waals surface area contributed by atoms with Crippen LogP contribution < -0.4 is 5.32 Å². The standard InChI is InChI=1S/C26H22N6O5S2/c1-3-37-25(34)22-16(2)20(15-27)24(39-22)28-21(33)12-13-38-26-30-29-23(31(26)18-9-5-4-6-10-18)17-8-7-11-19(14-17)32(35)36/h4-11,14H,3,12-13H2,1-2H3,(H,28,33). The van der Waals surface area contributed by atoms with Crippen LogP contribution in [0.3, 0.4) is 0 Å². The maximum atomic E-state index is 12.7. The van der Waals surface area contributed by atoms with Gasteiger partial charge in [0.1, 0.15) is 15.9 Å². The van der Waals surface area contributed by atoms with Crippen LogP contribution in [-0.2, 0) is 9.53 Å². The molecular weight excluding hydrogens is 540 g/mol. The van der Waals surface area contributed by atoms with Gasteiger partial charge in [-0.2, -0.15) is 5.26 Å². The van der Waals surface area contributed by atoms with Crippen molar-refractivity contribution >= 4 is 45.7 Å². The van der Waals surface area contributed by atoms with Crippen LogP contribution in [0.25, 0.3) is 17.1 Å². The normalized spacial score (nSPS) is 10.6. The first-order chi connectivity index (χ1) is 18.8. The third kappa shape index (κ3) is 6.14. The summed E-state index contributed by atoms with van der Waals surface area (Å²) in [4.78, 5) is 36.0. The van der Waals surface area contributed by atoms with Crippen molar-refractivity contribution in [3.8, 4) is 23.1 Å². The lowest BCUT2D eigenvalue weighted by atomic mass is 10.2. The second-order valence-electron chi connectivity index (χ2n) is 8.02. The van der Waals surface area contributed by atoms with Crippen molar-refractivity contribution in [2.45, 2.75) is 25.4 Å². The van der Waals surface area contributed by atoms with Crippen LogP contribution in [0.1, 0.15) is 34.1 Å². The van der Waals surface area contributed by atoms with E-state index >= 15 is 0 Å². The van der Waals surface area contributed by atoms with Crippen LogP contribution in [0.2, 0.25) is 0 Å². The summed E-state index contributed by atoms with van der Waals surface area (Å²) < 4.78 is 6.82. The molecule has 39 heavy (non-hydrogen) atoms. The first-order valence-electron chi connectivity index (χ1n) is 11.7. The van der Waals surface area contributed by atoms with Crippen molar-refractivity contribution < 1.29 is 19.2 Å². The number of thiophene rings is 1. The summed E-state index contributed by atoms with van der Waals surface area (Å²) in [5.41, 5.74) is 1.92. The van der Waals surface area contributed by atoms with Crippen molar-refractivity contribution in [1.29, 1.82) is 5.26 Å².